The third-order valence-electron chi connectivity index (χ3n) is 3.09. The molecule has 1 saturated carbocycles. The van der Waals surface area contributed by atoms with E-state index in [9.17, 15) is 0 Å². The second kappa shape index (κ2) is 5.69. The van der Waals surface area contributed by atoms with E-state index in [1.807, 2.05) is 0 Å². The second-order valence-corrected chi connectivity index (χ2v) is 4.84. The molecule has 1 rings (SSSR count). The molecule has 0 amide bonds. The highest BCUT2D eigenvalue weighted by molar-refractivity contribution is 4.82. The van der Waals surface area contributed by atoms with Crippen molar-refractivity contribution in [2.24, 2.45) is 11.8 Å². The molecule has 1 aliphatic carbocycles. The van der Waals surface area contributed by atoms with E-state index >= 15 is 0 Å². The molecule has 2 unspecified atom stereocenters. The van der Waals surface area contributed by atoms with Crippen LogP contribution in [0.4, 0.5) is 0 Å². The van der Waals surface area contributed by atoms with Gasteiger partial charge in [0.05, 0.1) is 19.3 Å². The van der Waals surface area contributed by atoms with E-state index in [4.69, 9.17) is 10.2 Å². The van der Waals surface area contributed by atoms with Crippen LogP contribution < -0.4 is 5.32 Å². The normalized spacial score (nSPS) is 33.6. The SMILES string of the molecule is CC1CC(C)CC(NC(CO)CO)C1. The summed E-state index contributed by atoms with van der Waals surface area (Å²) in [5.74, 6) is 1.52. The minimum absolute atomic E-state index is 0.0236. The molecule has 0 saturated heterocycles. The van der Waals surface area contributed by atoms with E-state index in [0.717, 1.165) is 11.8 Å². The van der Waals surface area contributed by atoms with Crippen LogP contribution in [0.2, 0.25) is 0 Å². The van der Waals surface area contributed by atoms with Crippen LogP contribution in [-0.2, 0) is 0 Å². The van der Waals surface area contributed by atoms with Gasteiger partial charge in [-0.2, -0.15) is 0 Å². The number of hydrogen-bond acceptors (Lipinski definition) is 3. The Morgan fingerprint density at radius 2 is 1.57 bits per heavy atom. The van der Waals surface area contributed by atoms with E-state index in [1.54, 1.807) is 0 Å². The Balaban J connectivity index is 2.35. The van der Waals surface area contributed by atoms with Gasteiger partial charge in [0.2, 0.25) is 0 Å². The highest BCUT2D eigenvalue weighted by atomic mass is 16.3. The molecule has 0 heterocycles. The summed E-state index contributed by atoms with van der Waals surface area (Å²) in [5.41, 5.74) is 0. The van der Waals surface area contributed by atoms with Gasteiger partial charge < -0.3 is 15.5 Å². The molecule has 0 aromatic rings. The Hall–Kier alpha value is -0.120. The smallest absolute Gasteiger partial charge is 0.0607 e. The van der Waals surface area contributed by atoms with Gasteiger partial charge in [0, 0.05) is 6.04 Å². The molecule has 0 aromatic heterocycles. The zero-order valence-corrected chi connectivity index (χ0v) is 9.24. The maximum absolute atomic E-state index is 8.97. The highest BCUT2D eigenvalue weighted by Crippen LogP contribution is 2.28. The van der Waals surface area contributed by atoms with Crippen molar-refractivity contribution < 1.29 is 10.2 Å². The Morgan fingerprint density at radius 3 is 2.00 bits per heavy atom. The summed E-state index contributed by atoms with van der Waals surface area (Å²) in [6.07, 6.45) is 3.64. The van der Waals surface area contributed by atoms with E-state index in [0.29, 0.717) is 6.04 Å². The Kier molecular flexibility index (Phi) is 4.85. The topological polar surface area (TPSA) is 52.5 Å². The van der Waals surface area contributed by atoms with Gasteiger partial charge >= 0.3 is 0 Å². The van der Waals surface area contributed by atoms with Gasteiger partial charge in [-0.3, -0.25) is 0 Å². The van der Waals surface area contributed by atoms with Crippen LogP contribution in [0.3, 0.4) is 0 Å². The van der Waals surface area contributed by atoms with Crippen LogP contribution in [0.5, 0.6) is 0 Å². The molecule has 0 radical (unpaired) electrons. The van der Waals surface area contributed by atoms with Gasteiger partial charge in [0.25, 0.3) is 0 Å². The average molecular weight is 201 g/mol. The monoisotopic (exact) mass is 201 g/mol. The number of hydrogen-bond donors (Lipinski definition) is 3. The second-order valence-electron chi connectivity index (χ2n) is 4.84. The Morgan fingerprint density at radius 1 is 1.07 bits per heavy atom. The fourth-order valence-corrected chi connectivity index (χ4v) is 2.58. The van der Waals surface area contributed by atoms with Gasteiger partial charge in [0.15, 0.2) is 0 Å². The summed E-state index contributed by atoms with van der Waals surface area (Å²) >= 11 is 0. The largest absolute Gasteiger partial charge is 0.395 e. The number of rotatable bonds is 4. The molecule has 3 nitrogen and oxygen atoms in total. The summed E-state index contributed by atoms with van der Waals surface area (Å²) < 4.78 is 0. The first-order valence-corrected chi connectivity index (χ1v) is 5.63. The molecule has 2 atom stereocenters. The first kappa shape index (κ1) is 12.0. The first-order valence-electron chi connectivity index (χ1n) is 5.63. The fraction of sp³-hybridized carbons (Fsp3) is 1.00. The van der Waals surface area contributed by atoms with Crippen molar-refractivity contribution in [1.82, 2.24) is 5.32 Å². The minimum Gasteiger partial charge on any atom is -0.395 e. The van der Waals surface area contributed by atoms with Crippen LogP contribution in [0.15, 0.2) is 0 Å². The molecular weight excluding hydrogens is 178 g/mol. The summed E-state index contributed by atoms with van der Waals surface area (Å²) in [6, 6.07) is 0.329. The van der Waals surface area contributed by atoms with Crippen LogP contribution >= 0.6 is 0 Å². The van der Waals surface area contributed by atoms with Crippen molar-refractivity contribution in [1.29, 1.82) is 0 Å². The minimum atomic E-state index is -0.141. The van der Waals surface area contributed by atoms with Crippen molar-refractivity contribution >= 4 is 0 Å². The van der Waals surface area contributed by atoms with Gasteiger partial charge in [-0.15, -0.1) is 0 Å². The molecule has 0 aromatic carbocycles. The van der Waals surface area contributed by atoms with Crippen molar-refractivity contribution in [2.45, 2.75) is 45.2 Å². The average Bonchev–Trinajstić information content (AvgIpc) is 2.12. The molecule has 3 heteroatoms. The van der Waals surface area contributed by atoms with Crippen molar-refractivity contribution in [3.8, 4) is 0 Å². The van der Waals surface area contributed by atoms with Crippen molar-refractivity contribution in [2.75, 3.05) is 13.2 Å². The van der Waals surface area contributed by atoms with Crippen LogP contribution in [0, 0.1) is 11.8 Å². The maximum atomic E-state index is 8.97. The van der Waals surface area contributed by atoms with Gasteiger partial charge in [-0.25, -0.2) is 0 Å². The predicted octanol–water partition coefficient (Wildman–Crippen LogP) is 0.754. The summed E-state index contributed by atoms with van der Waals surface area (Å²) in [4.78, 5) is 0. The molecule has 84 valence electrons. The van der Waals surface area contributed by atoms with E-state index in [-0.39, 0.29) is 19.3 Å². The fourth-order valence-electron chi connectivity index (χ4n) is 2.58. The number of aliphatic hydroxyl groups excluding tert-OH is 2. The first-order chi connectivity index (χ1) is 6.65. The zero-order chi connectivity index (χ0) is 10.6. The quantitative estimate of drug-likeness (QED) is 0.629. The standard InChI is InChI=1S/C11H23NO2/c1-8-3-9(2)5-10(4-8)12-11(6-13)7-14/h8-14H,3-7H2,1-2H3. The lowest BCUT2D eigenvalue weighted by atomic mass is 9.80. The van der Waals surface area contributed by atoms with Crippen LogP contribution in [-0.4, -0.2) is 35.5 Å². The Bertz CT molecular complexity index is 149. The number of aliphatic hydroxyl groups is 2. The predicted molar refractivity (Wildman–Crippen MR) is 57.1 cm³/mol. The Labute approximate surface area is 86.5 Å². The molecule has 1 aliphatic rings. The molecular formula is C11H23NO2. The molecule has 0 spiro atoms. The molecule has 0 aliphatic heterocycles. The van der Waals surface area contributed by atoms with Crippen molar-refractivity contribution in [3.63, 3.8) is 0 Å². The summed E-state index contributed by atoms with van der Waals surface area (Å²) in [5, 5.41) is 21.2. The molecule has 1 fully saturated rings. The maximum Gasteiger partial charge on any atom is 0.0607 e. The lowest BCUT2D eigenvalue weighted by Gasteiger charge is -2.34. The molecule has 3 N–H and O–H groups in total. The summed E-state index contributed by atoms with van der Waals surface area (Å²) in [6.45, 7) is 4.60. The lowest BCUT2D eigenvalue weighted by molar-refractivity contribution is 0.140. The van der Waals surface area contributed by atoms with E-state index in [1.165, 1.54) is 19.3 Å². The third kappa shape index (κ3) is 3.56. The molecule has 0 bridgehead atoms. The lowest BCUT2D eigenvalue weighted by Crippen LogP contribution is -2.45. The highest BCUT2D eigenvalue weighted by Gasteiger charge is 2.25. The van der Waals surface area contributed by atoms with Crippen molar-refractivity contribution in [3.05, 3.63) is 0 Å². The van der Waals surface area contributed by atoms with Gasteiger partial charge in [-0.05, 0) is 31.1 Å². The van der Waals surface area contributed by atoms with Gasteiger partial charge in [0.1, 0.15) is 0 Å². The zero-order valence-electron chi connectivity index (χ0n) is 9.24. The van der Waals surface area contributed by atoms with Gasteiger partial charge in [-0.1, -0.05) is 13.8 Å². The van der Waals surface area contributed by atoms with Crippen LogP contribution in [0.25, 0.3) is 0 Å². The summed E-state index contributed by atoms with van der Waals surface area (Å²) in [7, 11) is 0. The van der Waals surface area contributed by atoms with Crippen LogP contribution in [0.1, 0.15) is 33.1 Å². The molecule has 14 heavy (non-hydrogen) atoms. The third-order valence-corrected chi connectivity index (χ3v) is 3.09. The van der Waals surface area contributed by atoms with E-state index < -0.39 is 0 Å². The van der Waals surface area contributed by atoms with E-state index in [2.05, 4.69) is 19.2 Å². The number of nitrogens with one attached hydrogen (secondary N) is 1.